The molecule has 0 aromatic heterocycles. The van der Waals surface area contributed by atoms with Gasteiger partial charge in [0.2, 0.25) is 0 Å². The minimum Gasteiger partial charge on any atom is -0.327 e. The van der Waals surface area contributed by atoms with Gasteiger partial charge in [-0.05, 0) is 31.2 Å². The first-order valence-electron chi connectivity index (χ1n) is 6.82. The zero-order valence-electron chi connectivity index (χ0n) is 11.6. The lowest BCUT2D eigenvalue weighted by Crippen LogP contribution is -2.40. The Morgan fingerprint density at radius 3 is 2.38 bits per heavy atom. The summed E-state index contributed by atoms with van der Waals surface area (Å²) in [4.78, 5) is 2.47. The van der Waals surface area contributed by atoms with E-state index in [0.717, 1.165) is 12.5 Å². The third-order valence-electron chi connectivity index (χ3n) is 3.51. The summed E-state index contributed by atoms with van der Waals surface area (Å²) in [6.07, 6.45) is 6.65. The van der Waals surface area contributed by atoms with Gasteiger partial charge in [-0.2, -0.15) is 0 Å². The molecule has 1 saturated carbocycles. The van der Waals surface area contributed by atoms with Crippen LogP contribution in [-0.2, 0) is 0 Å². The Balaban J connectivity index is 2.39. The Kier molecular flexibility index (Phi) is 5.26. The normalized spacial score (nSPS) is 28.1. The summed E-state index contributed by atoms with van der Waals surface area (Å²) in [5.41, 5.74) is 6.66. The Morgan fingerprint density at radius 1 is 1.12 bits per heavy atom. The lowest BCUT2D eigenvalue weighted by molar-refractivity contribution is 0.184. The van der Waals surface area contributed by atoms with E-state index in [4.69, 9.17) is 5.73 Å². The van der Waals surface area contributed by atoms with Crippen LogP contribution in [0.4, 0.5) is 0 Å². The molecule has 0 spiro atoms. The van der Waals surface area contributed by atoms with Gasteiger partial charge < -0.3 is 10.6 Å². The highest BCUT2D eigenvalue weighted by molar-refractivity contribution is 4.79. The lowest BCUT2D eigenvalue weighted by atomic mass is 9.92. The van der Waals surface area contributed by atoms with E-state index in [9.17, 15) is 0 Å². The van der Waals surface area contributed by atoms with Gasteiger partial charge in [-0.15, -0.1) is 0 Å². The van der Waals surface area contributed by atoms with Crippen LogP contribution in [0.2, 0.25) is 0 Å². The molecule has 96 valence electrons. The van der Waals surface area contributed by atoms with Crippen LogP contribution in [0.5, 0.6) is 0 Å². The summed E-state index contributed by atoms with van der Waals surface area (Å²) >= 11 is 0. The van der Waals surface area contributed by atoms with Gasteiger partial charge in [0.05, 0.1) is 0 Å². The zero-order chi connectivity index (χ0) is 12.2. The van der Waals surface area contributed by atoms with Gasteiger partial charge in [0.25, 0.3) is 0 Å². The minimum absolute atomic E-state index is 0.392. The van der Waals surface area contributed by atoms with E-state index >= 15 is 0 Å². The molecule has 1 fully saturated rings. The van der Waals surface area contributed by atoms with Crippen molar-refractivity contribution >= 4 is 0 Å². The van der Waals surface area contributed by atoms with Crippen molar-refractivity contribution < 1.29 is 0 Å². The van der Waals surface area contributed by atoms with Crippen molar-refractivity contribution in [2.24, 2.45) is 17.1 Å². The third-order valence-corrected chi connectivity index (χ3v) is 3.51. The van der Waals surface area contributed by atoms with Crippen LogP contribution in [0, 0.1) is 11.3 Å². The molecule has 0 aromatic rings. The van der Waals surface area contributed by atoms with Gasteiger partial charge in [-0.25, -0.2) is 0 Å². The molecule has 0 bridgehead atoms. The molecule has 2 atom stereocenters. The molecule has 2 heteroatoms. The van der Waals surface area contributed by atoms with E-state index in [0.29, 0.717) is 11.5 Å². The molecule has 1 aliphatic carbocycles. The van der Waals surface area contributed by atoms with Crippen molar-refractivity contribution in [2.75, 3.05) is 20.1 Å². The molecule has 2 N–H and O–H groups in total. The number of hydrogen-bond acceptors (Lipinski definition) is 2. The number of hydrogen-bond donors (Lipinski definition) is 1. The van der Waals surface area contributed by atoms with Crippen molar-refractivity contribution in [3.8, 4) is 0 Å². The maximum absolute atomic E-state index is 6.26. The van der Waals surface area contributed by atoms with Crippen molar-refractivity contribution in [1.82, 2.24) is 4.90 Å². The second-order valence-electron chi connectivity index (χ2n) is 6.82. The quantitative estimate of drug-likeness (QED) is 0.750. The second kappa shape index (κ2) is 6.02. The van der Waals surface area contributed by atoms with Gasteiger partial charge in [-0.3, -0.25) is 0 Å². The highest BCUT2D eigenvalue weighted by Crippen LogP contribution is 2.24. The fourth-order valence-corrected chi connectivity index (χ4v) is 2.91. The van der Waals surface area contributed by atoms with E-state index in [2.05, 4.69) is 32.7 Å². The molecule has 0 amide bonds. The Bertz CT molecular complexity index is 195. The van der Waals surface area contributed by atoms with Crippen LogP contribution in [0.15, 0.2) is 0 Å². The van der Waals surface area contributed by atoms with E-state index in [1.165, 1.54) is 38.6 Å². The Hall–Kier alpha value is -0.0800. The minimum atomic E-state index is 0.392. The van der Waals surface area contributed by atoms with Gasteiger partial charge in [0, 0.05) is 19.1 Å². The van der Waals surface area contributed by atoms with Crippen LogP contribution in [0.25, 0.3) is 0 Å². The predicted octanol–water partition coefficient (Wildman–Crippen LogP) is 2.87. The third kappa shape index (κ3) is 5.31. The molecule has 0 aromatic carbocycles. The van der Waals surface area contributed by atoms with Gasteiger partial charge >= 0.3 is 0 Å². The number of nitrogens with zero attached hydrogens (tertiary/aromatic N) is 1. The van der Waals surface area contributed by atoms with E-state index in [1.54, 1.807) is 0 Å². The van der Waals surface area contributed by atoms with Crippen molar-refractivity contribution in [1.29, 1.82) is 0 Å². The summed E-state index contributed by atoms with van der Waals surface area (Å²) in [6.45, 7) is 9.25. The van der Waals surface area contributed by atoms with Crippen molar-refractivity contribution in [3.63, 3.8) is 0 Å². The molecular formula is C14H30N2. The average Bonchev–Trinajstić information content (AvgIpc) is 2.29. The summed E-state index contributed by atoms with van der Waals surface area (Å²) < 4.78 is 0. The maximum Gasteiger partial charge on any atom is 0.00793 e. The van der Waals surface area contributed by atoms with Gasteiger partial charge in [0.1, 0.15) is 0 Å². The maximum atomic E-state index is 6.26. The van der Waals surface area contributed by atoms with Gasteiger partial charge in [0.15, 0.2) is 0 Å². The molecule has 2 nitrogen and oxygen atoms in total. The van der Waals surface area contributed by atoms with Crippen LogP contribution < -0.4 is 5.73 Å². The van der Waals surface area contributed by atoms with E-state index < -0.39 is 0 Å². The summed E-state index contributed by atoms with van der Waals surface area (Å²) in [5.74, 6) is 0.717. The Morgan fingerprint density at radius 2 is 1.75 bits per heavy atom. The molecular weight excluding hydrogens is 196 g/mol. The summed E-state index contributed by atoms with van der Waals surface area (Å²) in [6, 6.07) is 0.435. The highest BCUT2D eigenvalue weighted by atomic mass is 15.1. The SMILES string of the molecule is CN(CC1CCCCCC1N)CC(C)(C)C. The molecule has 2 unspecified atom stereocenters. The second-order valence-corrected chi connectivity index (χ2v) is 6.82. The first-order valence-corrected chi connectivity index (χ1v) is 6.82. The topological polar surface area (TPSA) is 29.3 Å². The molecule has 0 aliphatic heterocycles. The lowest BCUT2D eigenvalue weighted by Gasteiger charge is -2.31. The van der Waals surface area contributed by atoms with Crippen LogP contribution in [0.1, 0.15) is 52.9 Å². The fraction of sp³-hybridized carbons (Fsp3) is 1.00. The predicted molar refractivity (Wildman–Crippen MR) is 71.5 cm³/mol. The number of rotatable bonds is 3. The van der Waals surface area contributed by atoms with Crippen molar-refractivity contribution in [2.45, 2.75) is 58.9 Å². The standard InChI is InChI=1S/C14H30N2/c1-14(2,3)11-16(4)10-12-8-6-5-7-9-13(12)15/h12-13H,5-11,15H2,1-4H3. The van der Waals surface area contributed by atoms with E-state index in [-0.39, 0.29) is 0 Å². The monoisotopic (exact) mass is 226 g/mol. The van der Waals surface area contributed by atoms with Crippen LogP contribution >= 0.6 is 0 Å². The van der Waals surface area contributed by atoms with Crippen LogP contribution in [-0.4, -0.2) is 31.1 Å². The molecule has 0 saturated heterocycles. The highest BCUT2D eigenvalue weighted by Gasteiger charge is 2.23. The summed E-state index contributed by atoms with van der Waals surface area (Å²) in [7, 11) is 2.24. The fourth-order valence-electron chi connectivity index (χ4n) is 2.91. The smallest absolute Gasteiger partial charge is 0.00793 e. The first kappa shape index (κ1) is 14.0. The largest absolute Gasteiger partial charge is 0.327 e. The van der Waals surface area contributed by atoms with Crippen LogP contribution in [0.3, 0.4) is 0 Å². The first-order chi connectivity index (χ1) is 7.38. The van der Waals surface area contributed by atoms with Crippen molar-refractivity contribution in [3.05, 3.63) is 0 Å². The molecule has 16 heavy (non-hydrogen) atoms. The summed E-state index contributed by atoms with van der Waals surface area (Å²) in [5, 5.41) is 0. The molecule has 0 radical (unpaired) electrons. The van der Waals surface area contributed by atoms with E-state index in [1.807, 2.05) is 0 Å². The Labute approximate surface area is 102 Å². The number of nitrogens with two attached hydrogens (primary N) is 1. The molecule has 0 heterocycles. The molecule has 1 aliphatic rings. The molecule has 1 rings (SSSR count). The average molecular weight is 226 g/mol. The van der Waals surface area contributed by atoms with Gasteiger partial charge in [-0.1, -0.05) is 40.0 Å². The zero-order valence-corrected chi connectivity index (χ0v) is 11.6.